The maximum atomic E-state index is 5.63. The van der Waals surface area contributed by atoms with Crippen LogP contribution >= 0.6 is 15.9 Å². The van der Waals surface area contributed by atoms with Crippen molar-refractivity contribution in [3.63, 3.8) is 0 Å². The highest BCUT2D eigenvalue weighted by Gasteiger charge is 1.97. The number of aliphatic imine (C=N–C) groups is 1. The molecule has 0 radical (unpaired) electrons. The number of rotatable bonds is 2. The van der Waals surface area contributed by atoms with Crippen molar-refractivity contribution < 1.29 is 0 Å². The zero-order chi connectivity index (χ0) is 10.6. The van der Waals surface area contributed by atoms with Crippen LogP contribution in [0.3, 0.4) is 0 Å². The van der Waals surface area contributed by atoms with E-state index in [9.17, 15) is 0 Å². The van der Waals surface area contributed by atoms with Crippen molar-refractivity contribution >= 4 is 27.6 Å². The lowest BCUT2D eigenvalue weighted by molar-refractivity contribution is 1.12. The summed E-state index contributed by atoms with van der Waals surface area (Å²) in [5.41, 5.74) is 7.76. The Morgan fingerprint density at radius 2 is 2.29 bits per heavy atom. The number of nitrogens with two attached hydrogens (primary N) is 1. The van der Waals surface area contributed by atoms with E-state index in [0.29, 0.717) is 12.5 Å². The minimum absolute atomic E-state index is 0.453. The van der Waals surface area contributed by atoms with Crippen molar-refractivity contribution in [1.82, 2.24) is 0 Å². The van der Waals surface area contributed by atoms with E-state index in [1.807, 2.05) is 32.0 Å². The summed E-state index contributed by atoms with van der Waals surface area (Å²) in [6, 6.07) is 5.95. The Kier molecular flexibility index (Phi) is 3.95. The quantitative estimate of drug-likeness (QED) is 0.631. The molecular weight excluding hydrogens is 242 g/mol. The van der Waals surface area contributed by atoms with E-state index >= 15 is 0 Å². The van der Waals surface area contributed by atoms with Crippen LogP contribution in [0.4, 0.5) is 5.69 Å². The lowest BCUT2D eigenvalue weighted by atomic mass is 10.2. The Hall–Kier alpha value is -1.03. The molecule has 0 unspecified atom stereocenters. The second-order valence-electron chi connectivity index (χ2n) is 2.95. The summed E-state index contributed by atoms with van der Waals surface area (Å²) in [4.78, 5) is 4.04. The predicted molar refractivity (Wildman–Crippen MR) is 64.7 cm³/mol. The first-order valence-corrected chi connectivity index (χ1v) is 5.26. The van der Waals surface area contributed by atoms with Gasteiger partial charge in [0.05, 0.1) is 0 Å². The summed E-state index contributed by atoms with van der Waals surface area (Å²) in [7, 11) is 0. The normalized spacial score (nSPS) is 11.5. The van der Waals surface area contributed by atoms with E-state index < -0.39 is 0 Å². The molecule has 0 atom stereocenters. The van der Waals surface area contributed by atoms with Gasteiger partial charge in [-0.3, -0.25) is 4.99 Å². The Morgan fingerprint density at radius 3 is 2.86 bits per heavy atom. The van der Waals surface area contributed by atoms with Crippen LogP contribution in [0.15, 0.2) is 27.7 Å². The number of aryl methyl sites for hydroxylation is 1. The van der Waals surface area contributed by atoms with Gasteiger partial charge in [-0.25, -0.2) is 0 Å². The molecule has 0 aliphatic heterocycles. The first-order valence-electron chi connectivity index (χ1n) is 4.46. The molecule has 0 fully saturated rings. The van der Waals surface area contributed by atoms with Crippen LogP contribution in [-0.4, -0.2) is 12.5 Å². The van der Waals surface area contributed by atoms with Crippen LogP contribution in [0, 0.1) is 6.92 Å². The van der Waals surface area contributed by atoms with Gasteiger partial charge in [-0.05, 0) is 37.6 Å². The van der Waals surface area contributed by atoms with E-state index in [4.69, 9.17) is 5.73 Å². The average Bonchev–Trinajstić information content (AvgIpc) is 2.12. The Bertz CT molecular complexity index is 347. The van der Waals surface area contributed by atoms with Crippen LogP contribution in [0.2, 0.25) is 0 Å². The minimum atomic E-state index is 0.453. The number of hydrogen-bond donors (Lipinski definition) is 2. The third-order valence-corrected chi connectivity index (χ3v) is 2.65. The van der Waals surface area contributed by atoms with Crippen LogP contribution in [0.5, 0.6) is 0 Å². The van der Waals surface area contributed by atoms with Crippen molar-refractivity contribution in [3.05, 3.63) is 28.2 Å². The van der Waals surface area contributed by atoms with Crippen LogP contribution in [0.1, 0.15) is 12.5 Å². The van der Waals surface area contributed by atoms with Crippen LogP contribution < -0.4 is 11.1 Å². The molecule has 0 saturated heterocycles. The van der Waals surface area contributed by atoms with Gasteiger partial charge in [0.15, 0.2) is 5.96 Å². The molecule has 0 aliphatic rings. The number of hydrogen-bond acceptors (Lipinski definition) is 1. The van der Waals surface area contributed by atoms with E-state index in [1.54, 1.807) is 0 Å². The standard InChI is InChI=1S/C10H14BrN3/c1-3-13-10(12)14-8-4-5-9(11)7(2)6-8/h4-6H,3H2,1-2H3,(H3,12,13,14). The van der Waals surface area contributed by atoms with E-state index in [0.717, 1.165) is 10.2 Å². The molecule has 0 amide bonds. The van der Waals surface area contributed by atoms with Crippen LogP contribution in [0.25, 0.3) is 0 Å². The summed E-state index contributed by atoms with van der Waals surface area (Å²) >= 11 is 3.44. The van der Waals surface area contributed by atoms with Gasteiger partial charge >= 0.3 is 0 Å². The molecule has 0 saturated carbocycles. The van der Waals surface area contributed by atoms with Gasteiger partial charge in [-0.15, -0.1) is 0 Å². The molecule has 3 N–H and O–H groups in total. The smallest absolute Gasteiger partial charge is 0.193 e. The Balaban J connectivity index is 2.78. The third kappa shape index (κ3) is 3.03. The molecule has 14 heavy (non-hydrogen) atoms. The predicted octanol–water partition coefficient (Wildman–Crippen LogP) is 2.50. The fraction of sp³-hybridized carbons (Fsp3) is 0.300. The van der Waals surface area contributed by atoms with Gasteiger partial charge in [0, 0.05) is 16.7 Å². The summed E-state index contributed by atoms with van der Waals surface area (Å²) in [6.45, 7) is 4.66. The number of halogens is 1. The second-order valence-corrected chi connectivity index (χ2v) is 3.80. The van der Waals surface area contributed by atoms with E-state index in [-0.39, 0.29) is 0 Å². The summed E-state index contributed by atoms with van der Waals surface area (Å²) in [5, 5.41) is 3.02. The van der Waals surface area contributed by atoms with Crippen molar-refractivity contribution in [1.29, 1.82) is 0 Å². The summed E-state index contributed by atoms with van der Waals surface area (Å²) in [6.07, 6.45) is 0. The average molecular weight is 256 g/mol. The molecule has 0 heterocycles. The Labute approximate surface area is 92.5 Å². The first-order chi connectivity index (χ1) is 6.63. The largest absolute Gasteiger partial charge is 0.370 e. The first kappa shape index (κ1) is 11.0. The molecule has 1 aromatic rings. The molecule has 0 spiro atoms. The molecular formula is C10H14BrN3. The molecule has 4 heteroatoms. The van der Waals surface area contributed by atoms with Crippen LogP contribution in [-0.2, 0) is 0 Å². The molecule has 1 aromatic carbocycles. The Morgan fingerprint density at radius 1 is 1.57 bits per heavy atom. The molecule has 3 nitrogen and oxygen atoms in total. The van der Waals surface area contributed by atoms with Crippen molar-refractivity contribution in [3.8, 4) is 0 Å². The minimum Gasteiger partial charge on any atom is -0.370 e. The molecule has 0 bridgehead atoms. The van der Waals surface area contributed by atoms with Gasteiger partial charge in [-0.1, -0.05) is 15.9 Å². The van der Waals surface area contributed by atoms with E-state index in [2.05, 4.69) is 26.2 Å². The van der Waals surface area contributed by atoms with Gasteiger partial charge < -0.3 is 11.1 Å². The number of nitrogens with one attached hydrogen (secondary N) is 1. The highest BCUT2D eigenvalue weighted by Crippen LogP contribution is 2.19. The van der Waals surface area contributed by atoms with Crippen molar-refractivity contribution in [2.75, 3.05) is 11.9 Å². The molecule has 0 aliphatic carbocycles. The van der Waals surface area contributed by atoms with Gasteiger partial charge in [0.2, 0.25) is 0 Å². The number of guanidine groups is 1. The highest BCUT2D eigenvalue weighted by atomic mass is 79.9. The topological polar surface area (TPSA) is 50.4 Å². The summed E-state index contributed by atoms with van der Waals surface area (Å²) < 4.78 is 1.09. The zero-order valence-electron chi connectivity index (χ0n) is 8.34. The monoisotopic (exact) mass is 255 g/mol. The zero-order valence-corrected chi connectivity index (χ0v) is 9.93. The molecule has 1 rings (SSSR count). The fourth-order valence-electron chi connectivity index (χ4n) is 1.08. The number of benzene rings is 1. The lowest BCUT2D eigenvalue weighted by Crippen LogP contribution is -2.22. The fourth-order valence-corrected chi connectivity index (χ4v) is 1.33. The van der Waals surface area contributed by atoms with Gasteiger partial charge in [0.25, 0.3) is 0 Å². The third-order valence-electron chi connectivity index (χ3n) is 1.76. The van der Waals surface area contributed by atoms with Crippen molar-refractivity contribution in [2.45, 2.75) is 13.8 Å². The lowest BCUT2D eigenvalue weighted by Gasteiger charge is -2.06. The maximum Gasteiger partial charge on any atom is 0.193 e. The second kappa shape index (κ2) is 5.00. The molecule has 0 aromatic heterocycles. The van der Waals surface area contributed by atoms with Gasteiger partial charge in [-0.2, -0.15) is 0 Å². The van der Waals surface area contributed by atoms with E-state index in [1.165, 1.54) is 5.56 Å². The summed E-state index contributed by atoms with van der Waals surface area (Å²) in [5.74, 6) is 0.453. The number of nitrogens with zero attached hydrogens (tertiary/aromatic N) is 1. The molecule has 76 valence electrons. The van der Waals surface area contributed by atoms with Gasteiger partial charge in [0.1, 0.15) is 0 Å². The highest BCUT2D eigenvalue weighted by molar-refractivity contribution is 9.10. The van der Waals surface area contributed by atoms with Crippen molar-refractivity contribution in [2.24, 2.45) is 10.7 Å². The maximum absolute atomic E-state index is 5.63. The number of anilines is 1. The SMILES string of the molecule is CCN=C(N)Nc1ccc(Br)c(C)c1.